The topological polar surface area (TPSA) is 242 Å². The van der Waals surface area contributed by atoms with E-state index in [2.05, 4.69) is 37.4 Å². The van der Waals surface area contributed by atoms with Crippen molar-refractivity contribution in [3.8, 4) is 0 Å². The molecule has 16 heteroatoms. The molecular formula is C54H102N2O14. The maximum absolute atomic E-state index is 13.1. The van der Waals surface area contributed by atoms with Crippen molar-refractivity contribution in [3.05, 3.63) is 12.7 Å². The Morgan fingerprint density at radius 1 is 0.686 bits per heavy atom. The van der Waals surface area contributed by atoms with Crippen molar-refractivity contribution in [2.75, 3.05) is 33.9 Å². The van der Waals surface area contributed by atoms with Gasteiger partial charge in [-0.15, -0.1) is 0 Å². The Balaban J connectivity index is 0.00000123. The van der Waals surface area contributed by atoms with Crippen LogP contribution in [0.4, 0.5) is 0 Å². The number of nitrogens with zero attached hydrogens (tertiary/aromatic N) is 1. The molecule has 2 rings (SSSR count). The number of carbonyl (C=O) groups is 4. The van der Waals surface area contributed by atoms with Crippen LogP contribution < -0.4 is 5.32 Å². The van der Waals surface area contributed by atoms with Crippen LogP contribution in [0.1, 0.15) is 157 Å². The quantitative estimate of drug-likeness (QED) is 0.0905. The molecule has 0 aromatic rings. The lowest BCUT2D eigenvalue weighted by atomic mass is 9.70. The molecule has 70 heavy (non-hydrogen) atoms. The Hall–Kier alpha value is -2.70. The molecule has 2 fully saturated rings. The number of methoxy groups -OCH3 is 2. The Morgan fingerprint density at radius 3 is 1.44 bits per heavy atom. The summed E-state index contributed by atoms with van der Waals surface area (Å²) < 4.78 is 20.5. The van der Waals surface area contributed by atoms with Crippen molar-refractivity contribution in [1.82, 2.24) is 10.2 Å². The van der Waals surface area contributed by atoms with Gasteiger partial charge in [0.25, 0.3) is 0 Å². The lowest BCUT2D eigenvalue weighted by Crippen LogP contribution is -2.59. The molecule has 0 aliphatic carbocycles. The fraction of sp³-hybridized carbons (Fsp3) is 0.889. The van der Waals surface area contributed by atoms with Gasteiger partial charge in [0.15, 0.2) is 0 Å². The molecule has 0 radical (unpaired) electrons. The van der Waals surface area contributed by atoms with Gasteiger partial charge in [-0.25, -0.2) is 4.79 Å². The Kier molecular flexibility index (Phi) is 28.1. The number of carbonyl (C=O) groups excluding carboxylic acids is 4. The van der Waals surface area contributed by atoms with Gasteiger partial charge in [-0.3, -0.25) is 19.3 Å². The van der Waals surface area contributed by atoms with E-state index in [1.54, 1.807) is 6.92 Å². The molecule has 0 amide bonds. The summed E-state index contributed by atoms with van der Waals surface area (Å²) in [5.41, 5.74) is -5.14. The van der Waals surface area contributed by atoms with Crippen LogP contribution >= 0.6 is 0 Å². The summed E-state index contributed by atoms with van der Waals surface area (Å²) in [6.07, 6.45) is -0.962. The second-order valence-electron chi connectivity index (χ2n) is 22.4. The third-order valence-corrected chi connectivity index (χ3v) is 16.8. The molecule has 0 bridgehead atoms. The average molecular weight is 1000 g/mol. The molecule has 20 atom stereocenters. The van der Waals surface area contributed by atoms with Crippen LogP contribution in [0.2, 0.25) is 0 Å². The predicted octanol–water partition coefficient (Wildman–Crippen LogP) is 6.09. The molecule has 2 aliphatic rings. The third-order valence-electron chi connectivity index (χ3n) is 16.8. The second kappa shape index (κ2) is 29.3. The highest BCUT2D eigenvalue weighted by atomic mass is 16.6. The number of aliphatic hydroxyl groups excluding tert-OH is 2. The largest absolute Gasteiger partial charge is 0.469 e. The summed E-state index contributed by atoms with van der Waals surface area (Å²) in [6.45, 7) is 38.6. The number of rotatable bonds is 6. The standard InChI is InChI=1S/C27H51NO7.C23H45NO5.C4H6O2/c1-11-22-27(9,33)24(30)21(7)28(13-12-23(29)34-10)15-16(2)14-26(8,32)20(6)18(4)17(3)19(5)25(31)35-22;1-10-19-23(9,28)20(25)18(7)24-12-13(2)11-22(8,27)17(6)15(4)14(3)16(5)21(26)29-19;1-3-4(5)6-2/h16-22,24,30,32-33H,11-15H2,1-10H3;13-20,24-25,27-28H,10-12H2,1-9H3;3H,1H2,2H3/t16-,17+,18+,19-,20-,21-,22-,24-,26-,27-;13-,14+,15+,16-,17-,18-,19-,20-,22-,23-;/m11./s1. The third kappa shape index (κ3) is 19.0. The number of hydrogen-bond donors (Lipinski definition) is 7. The normalized spacial score (nSPS) is 42.4. The van der Waals surface area contributed by atoms with E-state index in [0.717, 1.165) is 6.08 Å². The van der Waals surface area contributed by atoms with Gasteiger partial charge in [0.1, 0.15) is 35.6 Å². The molecule has 2 heterocycles. The van der Waals surface area contributed by atoms with Gasteiger partial charge in [-0.2, -0.15) is 0 Å². The lowest BCUT2D eigenvalue weighted by molar-refractivity contribution is -0.191. The Labute approximate surface area is 423 Å². The number of hydrogen-bond acceptors (Lipinski definition) is 16. The van der Waals surface area contributed by atoms with Crippen LogP contribution in [-0.4, -0.2) is 152 Å². The van der Waals surface area contributed by atoms with Crippen molar-refractivity contribution < 1.29 is 68.8 Å². The molecule has 0 spiro atoms. The first kappa shape index (κ1) is 67.3. The molecule has 0 aromatic heterocycles. The molecule has 0 saturated carbocycles. The zero-order valence-corrected chi connectivity index (χ0v) is 47.1. The van der Waals surface area contributed by atoms with Gasteiger partial charge >= 0.3 is 23.9 Å². The maximum Gasteiger partial charge on any atom is 0.329 e. The van der Waals surface area contributed by atoms with Crippen LogP contribution in [0, 0.1) is 59.2 Å². The summed E-state index contributed by atoms with van der Waals surface area (Å²) in [5, 5.41) is 70.4. The number of ether oxygens (including phenoxy) is 4. The van der Waals surface area contributed by atoms with Crippen LogP contribution in [0.15, 0.2) is 12.7 Å². The SMILES string of the molecule is C=CC(=O)OC.CC[C@H]1OC(=O)[C@H](C)[C@@H](C)[C@H](C)[C@@H](C)[C@](C)(O)C[C@@H](C)CN(CCC(=O)OC)[C@H](C)[C@@H](O)[C@]1(C)O.CC[C@H]1OC(=O)[C@H](C)[C@@H](C)[C@H](C)[C@@H](C)[C@](C)(O)C[C@@H](C)CN[C@H](C)[C@@H](O)[C@]1(C)O. The molecule has 412 valence electrons. The van der Waals surface area contributed by atoms with E-state index in [9.17, 15) is 49.8 Å². The smallest absolute Gasteiger partial charge is 0.329 e. The van der Waals surface area contributed by atoms with Gasteiger partial charge in [-0.1, -0.05) is 89.7 Å². The summed E-state index contributed by atoms with van der Waals surface area (Å²) in [4.78, 5) is 49.6. The second-order valence-corrected chi connectivity index (χ2v) is 22.4. The van der Waals surface area contributed by atoms with E-state index in [1.807, 2.05) is 88.0 Å². The maximum atomic E-state index is 13.1. The number of cyclic esters (lactones) is 2. The van der Waals surface area contributed by atoms with Gasteiger partial charge in [-0.05, 0) is 121 Å². The van der Waals surface area contributed by atoms with Crippen LogP contribution in [-0.2, 0) is 38.1 Å². The Bertz CT molecular complexity index is 1600. The number of nitrogens with one attached hydrogen (secondary N) is 1. The minimum Gasteiger partial charge on any atom is -0.469 e. The number of aliphatic hydroxyl groups is 6. The molecule has 2 aliphatic heterocycles. The van der Waals surface area contributed by atoms with Crippen LogP contribution in [0.5, 0.6) is 0 Å². The lowest BCUT2D eigenvalue weighted by Gasteiger charge is -2.43. The Morgan fingerprint density at radius 2 is 1.09 bits per heavy atom. The minimum atomic E-state index is -1.70. The molecule has 0 unspecified atom stereocenters. The summed E-state index contributed by atoms with van der Waals surface area (Å²) in [5.74, 6) is -2.19. The molecule has 16 nitrogen and oxygen atoms in total. The average Bonchev–Trinajstić information content (AvgIpc) is 3.31. The van der Waals surface area contributed by atoms with Crippen molar-refractivity contribution in [3.63, 3.8) is 0 Å². The zero-order chi connectivity index (χ0) is 55.0. The van der Waals surface area contributed by atoms with E-state index in [-0.39, 0.29) is 71.6 Å². The fourth-order valence-electron chi connectivity index (χ4n) is 10.4. The minimum absolute atomic E-state index is 0.00571. The van der Waals surface area contributed by atoms with E-state index in [4.69, 9.17) is 14.2 Å². The predicted molar refractivity (Wildman–Crippen MR) is 273 cm³/mol. The fourth-order valence-corrected chi connectivity index (χ4v) is 10.4. The van der Waals surface area contributed by atoms with Crippen molar-refractivity contribution in [2.45, 2.75) is 216 Å². The summed E-state index contributed by atoms with van der Waals surface area (Å²) in [7, 11) is 2.64. The van der Waals surface area contributed by atoms with E-state index in [0.29, 0.717) is 45.3 Å². The highest BCUT2D eigenvalue weighted by Gasteiger charge is 2.48. The van der Waals surface area contributed by atoms with Crippen LogP contribution in [0.25, 0.3) is 0 Å². The zero-order valence-electron chi connectivity index (χ0n) is 47.1. The van der Waals surface area contributed by atoms with E-state index >= 15 is 0 Å². The van der Waals surface area contributed by atoms with Gasteiger partial charge in [0.05, 0.1) is 43.7 Å². The van der Waals surface area contributed by atoms with Crippen molar-refractivity contribution in [2.24, 2.45) is 59.2 Å². The van der Waals surface area contributed by atoms with Crippen molar-refractivity contribution in [1.29, 1.82) is 0 Å². The van der Waals surface area contributed by atoms with Gasteiger partial charge < -0.3 is 54.9 Å². The van der Waals surface area contributed by atoms with Crippen LogP contribution in [0.3, 0.4) is 0 Å². The first-order valence-electron chi connectivity index (χ1n) is 25.9. The van der Waals surface area contributed by atoms with E-state index in [1.165, 1.54) is 28.1 Å². The first-order chi connectivity index (χ1) is 32.0. The van der Waals surface area contributed by atoms with Gasteiger partial charge in [0.2, 0.25) is 0 Å². The summed E-state index contributed by atoms with van der Waals surface area (Å²) in [6, 6.07) is -0.949. The molecule has 0 aromatic carbocycles. The number of esters is 4. The highest BCUT2D eigenvalue weighted by Crippen LogP contribution is 2.40. The van der Waals surface area contributed by atoms with E-state index < -0.39 is 76.8 Å². The van der Waals surface area contributed by atoms with Crippen molar-refractivity contribution >= 4 is 23.9 Å². The van der Waals surface area contributed by atoms with Gasteiger partial charge in [0, 0.05) is 31.2 Å². The molecular weight excluding hydrogens is 901 g/mol. The summed E-state index contributed by atoms with van der Waals surface area (Å²) >= 11 is 0. The monoisotopic (exact) mass is 1000 g/mol. The molecule has 7 N–H and O–H groups in total. The highest BCUT2D eigenvalue weighted by molar-refractivity contribution is 5.80. The first-order valence-corrected chi connectivity index (χ1v) is 25.9. The molecule has 2 saturated heterocycles.